The number of benzene rings is 1. The van der Waals surface area contributed by atoms with Gasteiger partial charge in [0, 0.05) is 0 Å². The van der Waals surface area contributed by atoms with E-state index in [1.807, 2.05) is 0 Å². The fraction of sp³-hybridized carbons (Fsp3) is 0.300. The van der Waals surface area contributed by atoms with Gasteiger partial charge in [0.05, 0.1) is 11.0 Å². The van der Waals surface area contributed by atoms with Crippen LogP contribution < -0.4 is 9.88 Å². The molecule has 0 heterocycles. The molecule has 0 aromatic heterocycles. The Morgan fingerprint density at radius 2 is 2.06 bits per heavy atom. The summed E-state index contributed by atoms with van der Waals surface area (Å²) in [6, 6.07) is 3.57. The summed E-state index contributed by atoms with van der Waals surface area (Å²) in [7, 11) is -3.91. The minimum atomic E-state index is -3.91. The average molecular weight is 257 g/mol. The lowest BCUT2D eigenvalue weighted by molar-refractivity contribution is 0.0691. The Hall–Kier alpha value is -1.60. The van der Waals surface area contributed by atoms with Crippen molar-refractivity contribution in [3.8, 4) is 5.75 Å². The Kier molecular flexibility index (Phi) is 2.80. The van der Waals surface area contributed by atoms with E-state index in [9.17, 15) is 13.2 Å². The quantitative estimate of drug-likeness (QED) is 0.820. The second-order valence-electron chi connectivity index (χ2n) is 3.83. The van der Waals surface area contributed by atoms with E-state index in [0.29, 0.717) is 0 Å². The van der Waals surface area contributed by atoms with Crippen LogP contribution in [0.3, 0.4) is 0 Å². The van der Waals surface area contributed by atoms with Crippen LogP contribution in [0.2, 0.25) is 0 Å². The number of carboxylic acid groups (broad SMARTS) is 1. The molecule has 1 saturated carbocycles. The lowest BCUT2D eigenvalue weighted by Gasteiger charge is -2.09. The van der Waals surface area contributed by atoms with Gasteiger partial charge < -0.3 is 9.84 Å². The molecule has 0 spiro atoms. The maximum atomic E-state index is 11.1. The molecule has 1 fully saturated rings. The van der Waals surface area contributed by atoms with Crippen LogP contribution in [0, 0.1) is 0 Å². The van der Waals surface area contributed by atoms with Crippen molar-refractivity contribution in [3.05, 3.63) is 23.8 Å². The number of aromatic carboxylic acids is 1. The predicted molar refractivity (Wildman–Crippen MR) is 58.4 cm³/mol. The van der Waals surface area contributed by atoms with Crippen molar-refractivity contribution in [3.63, 3.8) is 0 Å². The molecule has 17 heavy (non-hydrogen) atoms. The number of nitrogens with two attached hydrogens (primary N) is 1. The van der Waals surface area contributed by atoms with Gasteiger partial charge in [0.15, 0.2) is 0 Å². The van der Waals surface area contributed by atoms with E-state index in [1.54, 1.807) is 0 Å². The molecule has 7 heteroatoms. The molecule has 0 bridgehead atoms. The first-order valence-electron chi connectivity index (χ1n) is 4.95. The smallest absolute Gasteiger partial charge is 0.339 e. The normalized spacial score (nSPS) is 15.6. The Balaban J connectivity index is 2.43. The third-order valence-corrected chi connectivity index (χ3v) is 3.24. The second-order valence-corrected chi connectivity index (χ2v) is 5.39. The van der Waals surface area contributed by atoms with Crippen LogP contribution in [0.4, 0.5) is 0 Å². The molecule has 6 nitrogen and oxygen atoms in total. The summed E-state index contributed by atoms with van der Waals surface area (Å²) in [5, 5.41) is 13.9. The number of ether oxygens (including phenoxy) is 1. The van der Waals surface area contributed by atoms with Gasteiger partial charge in [0.25, 0.3) is 0 Å². The van der Waals surface area contributed by atoms with Crippen molar-refractivity contribution >= 4 is 16.0 Å². The van der Waals surface area contributed by atoms with Gasteiger partial charge in [-0.05, 0) is 31.0 Å². The van der Waals surface area contributed by atoms with Crippen molar-refractivity contribution in [1.82, 2.24) is 0 Å². The largest absolute Gasteiger partial charge is 0.490 e. The van der Waals surface area contributed by atoms with Gasteiger partial charge in [0.1, 0.15) is 11.3 Å². The number of primary sulfonamides is 1. The molecule has 0 atom stereocenters. The van der Waals surface area contributed by atoms with Crippen molar-refractivity contribution in [2.75, 3.05) is 0 Å². The van der Waals surface area contributed by atoms with Crippen molar-refractivity contribution in [2.24, 2.45) is 5.14 Å². The van der Waals surface area contributed by atoms with Crippen LogP contribution in [0.25, 0.3) is 0 Å². The number of carbonyl (C=O) groups is 1. The monoisotopic (exact) mass is 257 g/mol. The first-order chi connectivity index (χ1) is 7.88. The third kappa shape index (κ3) is 2.75. The Bertz CT molecular complexity index is 562. The molecular formula is C10H11NO5S. The number of hydrogen-bond acceptors (Lipinski definition) is 4. The Morgan fingerprint density at radius 3 is 2.53 bits per heavy atom. The van der Waals surface area contributed by atoms with E-state index >= 15 is 0 Å². The molecule has 0 aliphatic heterocycles. The summed E-state index contributed by atoms with van der Waals surface area (Å²) in [5.74, 6) is -1.07. The molecule has 1 aliphatic rings. The highest BCUT2D eigenvalue weighted by atomic mass is 32.2. The number of sulfonamides is 1. The Labute approximate surface area is 98.1 Å². The van der Waals surface area contributed by atoms with Gasteiger partial charge in [0.2, 0.25) is 10.0 Å². The number of hydrogen-bond donors (Lipinski definition) is 2. The summed E-state index contributed by atoms with van der Waals surface area (Å²) in [6.07, 6.45) is 1.81. The van der Waals surface area contributed by atoms with Gasteiger partial charge in [-0.1, -0.05) is 0 Å². The molecule has 1 aromatic rings. The lowest BCUT2D eigenvalue weighted by Crippen LogP contribution is -2.14. The zero-order valence-corrected chi connectivity index (χ0v) is 9.61. The van der Waals surface area contributed by atoms with Crippen molar-refractivity contribution in [1.29, 1.82) is 0 Å². The minimum Gasteiger partial charge on any atom is -0.490 e. The van der Waals surface area contributed by atoms with Gasteiger partial charge >= 0.3 is 5.97 Å². The molecule has 0 unspecified atom stereocenters. The summed E-state index contributed by atoms with van der Waals surface area (Å²) in [5.41, 5.74) is -0.191. The van der Waals surface area contributed by atoms with Crippen LogP contribution in [0.1, 0.15) is 23.2 Å². The third-order valence-electron chi connectivity index (χ3n) is 2.33. The topological polar surface area (TPSA) is 107 Å². The van der Waals surface area contributed by atoms with Crippen molar-refractivity contribution < 1.29 is 23.1 Å². The van der Waals surface area contributed by atoms with Crippen molar-refractivity contribution in [2.45, 2.75) is 23.8 Å². The number of rotatable bonds is 4. The lowest BCUT2D eigenvalue weighted by atomic mass is 10.2. The highest BCUT2D eigenvalue weighted by Gasteiger charge is 2.26. The minimum absolute atomic E-state index is 0.0356. The van der Waals surface area contributed by atoms with Crippen LogP contribution in [0.15, 0.2) is 23.1 Å². The Morgan fingerprint density at radius 1 is 1.41 bits per heavy atom. The highest BCUT2D eigenvalue weighted by Crippen LogP contribution is 2.30. The zero-order chi connectivity index (χ0) is 12.6. The standard InChI is InChI=1S/C10H11NO5S/c11-17(14,15)7-3-4-9(16-6-1-2-6)8(5-7)10(12)13/h3-6H,1-2H2,(H,12,13)(H2,11,14,15). The maximum absolute atomic E-state index is 11.1. The molecule has 3 N–H and O–H groups in total. The zero-order valence-electron chi connectivity index (χ0n) is 8.79. The summed E-state index contributed by atoms with van der Waals surface area (Å²) < 4.78 is 27.6. The molecule has 0 radical (unpaired) electrons. The molecule has 0 amide bonds. The van der Waals surface area contributed by atoms with E-state index in [2.05, 4.69) is 0 Å². The van der Waals surface area contributed by atoms with E-state index < -0.39 is 16.0 Å². The summed E-state index contributed by atoms with van der Waals surface area (Å²) >= 11 is 0. The first kappa shape index (κ1) is 11.9. The number of carboxylic acids is 1. The fourth-order valence-electron chi connectivity index (χ4n) is 1.32. The van der Waals surface area contributed by atoms with Crippen LogP contribution >= 0.6 is 0 Å². The van der Waals surface area contributed by atoms with E-state index in [0.717, 1.165) is 18.9 Å². The average Bonchev–Trinajstić information content (AvgIpc) is 3.00. The molecule has 1 aliphatic carbocycles. The van der Waals surface area contributed by atoms with Gasteiger partial charge in [-0.2, -0.15) is 0 Å². The maximum Gasteiger partial charge on any atom is 0.339 e. The SMILES string of the molecule is NS(=O)(=O)c1ccc(OC2CC2)c(C(=O)O)c1. The molecular weight excluding hydrogens is 246 g/mol. The predicted octanol–water partition coefficient (Wildman–Crippen LogP) is 0.573. The van der Waals surface area contributed by atoms with Crippen LogP contribution in [-0.4, -0.2) is 25.6 Å². The summed E-state index contributed by atoms with van der Waals surface area (Å²) in [4.78, 5) is 10.7. The molecule has 0 saturated heterocycles. The highest BCUT2D eigenvalue weighted by molar-refractivity contribution is 7.89. The fourth-order valence-corrected chi connectivity index (χ4v) is 1.86. The van der Waals surface area contributed by atoms with Crippen LogP contribution in [-0.2, 0) is 10.0 Å². The van der Waals surface area contributed by atoms with E-state index in [-0.39, 0.29) is 22.3 Å². The van der Waals surface area contributed by atoms with Gasteiger partial charge in [-0.3, -0.25) is 0 Å². The van der Waals surface area contributed by atoms with Crippen LogP contribution in [0.5, 0.6) is 5.75 Å². The van der Waals surface area contributed by atoms with Gasteiger partial charge in [-0.25, -0.2) is 18.4 Å². The van der Waals surface area contributed by atoms with E-state index in [1.165, 1.54) is 12.1 Å². The summed E-state index contributed by atoms with van der Waals surface area (Å²) in [6.45, 7) is 0. The molecule has 92 valence electrons. The first-order valence-corrected chi connectivity index (χ1v) is 6.49. The van der Waals surface area contributed by atoms with E-state index in [4.69, 9.17) is 15.0 Å². The molecule has 2 rings (SSSR count). The van der Waals surface area contributed by atoms with Gasteiger partial charge in [-0.15, -0.1) is 0 Å². The second kappa shape index (κ2) is 4.01. The molecule has 1 aromatic carbocycles.